The van der Waals surface area contributed by atoms with Crippen molar-refractivity contribution in [1.29, 1.82) is 0 Å². The summed E-state index contributed by atoms with van der Waals surface area (Å²) in [4.78, 5) is 0. The smallest absolute Gasteiger partial charge is 0.124 e. The summed E-state index contributed by atoms with van der Waals surface area (Å²) in [6.07, 6.45) is 5.76. The highest BCUT2D eigenvalue weighted by Crippen LogP contribution is 2.32. The first-order valence-corrected chi connectivity index (χ1v) is 6.88. The summed E-state index contributed by atoms with van der Waals surface area (Å²) in [5, 5.41) is 3.44. The van der Waals surface area contributed by atoms with Gasteiger partial charge in [0, 0.05) is 4.47 Å². The molecule has 3 heteroatoms. The lowest BCUT2D eigenvalue weighted by Crippen LogP contribution is -2.22. The fraction of sp³-hybridized carbons (Fsp3) is 0.429. The topological polar surface area (TPSA) is 12.0 Å². The van der Waals surface area contributed by atoms with Gasteiger partial charge in [0.05, 0.1) is 6.04 Å². The van der Waals surface area contributed by atoms with E-state index >= 15 is 0 Å². The van der Waals surface area contributed by atoms with Crippen LogP contribution in [0.4, 0.5) is 4.39 Å². The van der Waals surface area contributed by atoms with Crippen LogP contribution in [0.1, 0.15) is 37.8 Å². The maximum Gasteiger partial charge on any atom is 0.124 e. The van der Waals surface area contributed by atoms with Gasteiger partial charge in [-0.05, 0) is 49.6 Å². The van der Waals surface area contributed by atoms with Crippen LogP contribution < -0.4 is 5.32 Å². The molecule has 17 heavy (non-hydrogen) atoms. The Hall–Kier alpha value is -0.670. The van der Waals surface area contributed by atoms with Gasteiger partial charge in [0.15, 0.2) is 0 Å². The molecule has 1 unspecified atom stereocenters. The van der Waals surface area contributed by atoms with Gasteiger partial charge in [0.1, 0.15) is 5.82 Å². The average Bonchev–Trinajstić information content (AvgIpc) is 2.77. The van der Waals surface area contributed by atoms with E-state index in [0.29, 0.717) is 0 Å². The molecule has 0 bridgehead atoms. The Morgan fingerprint density at radius 1 is 1.41 bits per heavy atom. The number of rotatable bonds is 4. The zero-order chi connectivity index (χ0) is 12.3. The summed E-state index contributed by atoms with van der Waals surface area (Å²) in [7, 11) is 0. The van der Waals surface area contributed by atoms with E-state index in [4.69, 9.17) is 0 Å². The quantitative estimate of drug-likeness (QED) is 0.815. The van der Waals surface area contributed by atoms with E-state index in [0.717, 1.165) is 29.4 Å². The maximum atomic E-state index is 13.4. The van der Waals surface area contributed by atoms with Crippen LogP contribution in [0.15, 0.2) is 34.3 Å². The van der Waals surface area contributed by atoms with Gasteiger partial charge >= 0.3 is 0 Å². The molecule has 1 aliphatic rings. The number of halogens is 2. The van der Waals surface area contributed by atoms with Crippen LogP contribution in [-0.4, -0.2) is 6.54 Å². The van der Waals surface area contributed by atoms with Gasteiger partial charge < -0.3 is 5.32 Å². The molecule has 1 aliphatic carbocycles. The second-order valence-corrected chi connectivity index (χ2v) is 5.28. The molecule has 92 valence electrons. The molecule has 0 saturated carbocycles. The molecule has 1 aromatic carbocycles. The molecule has 0 saturated heterocycles. The van der Waals surface area contributed by atoms with Crippen molar-refractivity contribution in [1.82, 2.24) is 5.32 Å². The second kappa shape index (κ2) is 5.78. The van der Waals surface area contributed by atoms with Crippen molar-refractivity contribution in [2.45, 2.75) is 32.2 Å². The molecule has 2 rings (SSSR count). The minimum atomic E-state index is -0.184. The van der Waals surface area contributed by atoms with Crippen molar-refractivity contribution < 1.29 is 4.39 Å². The van der Waals surface area contributed by atoms with Gasteiger partial charge in [-0.15, -0.1) is 0 Å². The van der Waals surface area contributed by atoms with Gasteiger partial charge in [-0.3, -0.25) is 0 Å². The molecule has 0 radical (unpaired) electrons. The van der Waals surface area contributed by atoms with E-state index in [2.05, 4.69) is 34.2 Å². The highest BCUT2D eigenvalue weighted by Gasteiger charge is 2.18. The first kappa shape index (κ1) is 12.8. The molecular formula is C14H17BrFN. The van der Waals surface area contributed by atoms with E-state index in [1.165, 1.54) is 18.1 Å². The lowest BCUT2D eigenvalue weighted by Gasteiger charge is -2.20. The first-order chi connectivity index (χ1) is 8.20. The predicted molar refractivity (Wildman–Crippen MR) is 72.5 cm³/mol. The first-order valence-electron chi connectivity index (χ1n) is 6.09. The van der Waals surface area contributed by atoms with Crippen molar-refractivity contribution in [3.05, 3.63) is 45.7 Å². The van der Waals surface area contributed by atoms with E-state index in [1.54, 1.807) is 6.07 Å². The molecule has 0 heterocycles. The van der Waals surface area contributed by atoms with Gasteiger partial charge in [-0.1, -0.05) is 34.5 Å². The van der Waals surface area contributed by atoms with Crippen LogP contribution in [-0.2, 0) is 0 Å². The lowest BCUT2D eigenvalue weighted by atomic mass is 9.98. The Kier molecular flexibility index (Phi) is 4.35. The third-order valence-electron chi connectivity index (χ3n) is 3.07. The second-order valence-electron chi connectivity index (χ2n) is 4.36. The zero-order valence-corrected chi connectivity index (χ0v) is 11.6. The molecule has 0 aliphatic heterocycles. The molecule has 1 nitrogen and oxygen atoms in total. The van der Waals surface area contributed by atoms with Crippen LogP contribution in [0, 0.1) is 5.82 Å². The summed E-state index contributed by atoms with van der Waals surface area (Å²) in [6.45, 7) is 2.97. The van der Waals surface area contributed by atoms with Gasteiger partial charge in [-0.2, -0.15) is 0 Å². The van der Waals surface area contributed by atoms with Crippen molar-refractivity contribution in [3.63, 3.8) is 0 Å². The van der Waals surface area contributed by atoms with Crippen LogP contribution >= 0.6 is 15.9 Å². The highest BCUT2D eigenvalue weighted by molar-refractivity contribution is 9.10. The molecular weight excluding hydrogens is 281 g/mol. The van der Waals surface area contributed by atoms with Crippen molar-refractivity contribution in [2.75, 3.05) is 6.54 Å². The van der Waals surface area contributed by atoms with Crippen molar-refractivity contribution in [2.24, 2.45) is 0 Å². The summed E-state index contributed by atoms with van der Waals surface area (Å²) < 4.78 is 14.2. The fourth-order valence-corrected chi connectivity index (χ4v) is 2.85. The lowest BCUT2D eigenvalue weighted by molar-refractivity contribution is 0.588. The largest absolute Gasteiger partial charge is 0.307 e. The Balaban J connectivity index is 2.31. The fourth-order valence-electron chi connectivity index (χ4n) is 2.37. The van der Waals surface area contributed by atoms with Crippen LogP contribution in [0.3, 0.4) is 0 Å². The summed E-state index contributed by atoms with van der Waals surface area (Å²) >= 11 is 3.35. The van der Waals surface area contributed by atoms with E-state index < -0.39 is 0 Å². The summed E-state index contributed by atoms with van der Waals surface area (Å²) in [6, 6.07) is 5.28. The Morgan fingerprint density at radius 2 is 2.24 bits per heavy atom. The van der Waals surface area contributed by atoms with Gasteiger partial charge in [0.25, 0.3) is 0 Å². The van der Waals surface area contributed by atoms with E-state index in [-0.39, 0.29) is 11.9 Å². The van der Waals surface area contributed by atoms with Crippen LogP contribution in [0.5, 0.6) is 0 Å². The van der Waals surface area contributed by atoms with Crippen molar-refractivity contribution >= 4 is 15.9 Å². The SMILES string of the molecule is CCNC(C1=CCCC1)c1cc(F)cc(Br)c1. The minimum Gasteiger partial charge on any atom is -0.307 e. The Labute approximate surface area is 110 Å². The third-order valence-corrected chi connectivity index (χ3v) is 3.53. The number of benzene rings is 1. The summed E-state index contributed by atoms with van der Waals surface area (Å²) in [5.74, 6) is -0.184. The van der Waals surface area contributed by atoms with Crippen LogP contribution in [0.2, 0.25) is 0 Å². The summed E-state index contributed by atoms with van der Waals surface area (Å²) in [5.41, 5.74) is 2.40. The normalized spacial score (nSPS) is 17.0. The molecule has 1 N–H and O–H groups in total. The number of hydrogen-bond acceptors (Lipinski definition) is 1. The standard InChI is InChI=1S/C14H17BrFN/c1-2-17-14(10-5-3-4-6-10)11-7-12(15)9-13(16)8-11/h5,7-9,14,17H,2-4,6H2,1H3. The van der Waals surface area contributed by atoms with E-state index in [1.807, 2.05) is 6.07 Å². The Bertz CT molecular complexity index is 408. The predicted octanol–water partition coefficient (Wildman–Crippen LogP) is 4.35. The Morgan fingerprint density at radius 3 is 2.82 bits per heavy atom. The number of likely N-dealkylation sites (N-methyl/N-ethyl adjacent to an activating group) is 1. The van der Waals surface area contributed by atoms with E-state index in [9.17, 15) is 4.39 Å². The molecule has 0 fully saturated rings. The molecule has 0 amide bonds. The number of allylic oxidation sites excluding steroid dienone is 1. The third kappa shape index (κ3) is 3.17. The minimum absolute atomic E-state index is 0.162. The molecule has 1 aromatic rings. The molecule has 1 atom stereocenters. The molecule has 0 aromatic heterocycles. The highest BCUT2D eigenvalue weighted by atomic mass is 79.9. The van der Waals surface area contributed by atoms with Gasteiger partial charge in [0.2, 0.25) is 0 Å². The maximum absolute atomic E-state index is 13.4. The van der Waals surface area contributed by atoms with Crippen molar-refractivity contribution in [3.8, 4) is 0 Å². The monoisotopic (exact) mass is 297 g/mol. The number of hydrogen-bond donors (Lipinski definition) is 1. The number of nitrogens with one attached hydrogen (secondary N) is 1. The average molecular weight is 298 g/mol. The van der Waals surface area contributed by atoms with Gasteiger partial charge in [-0.25, -0.2) is 4.39 Å². The molecule has 0 spiro atoms. The zero-order valence-electron chi connectivity index (χ0n) is 9.97. The van der Waals surface area contributed by atoms with Crippen LogP contribution in [0.25, 0.3) is 0 Å².